The maximum absolute atomic E-state index is 4.38. The topological polar surface area (TPSA) is 42.9 Å². The molecule has 0 radical (unpaired) electrons. The average molecular weight is 352 g/mol. The van der Waals surface area contributed by atoms with E-state index in [0.29, 0.717) is 12.1 Å². The monoisotopic (exact) mass is 351 g/mol. The largest absolute Gasteiger partial charge is 0.363 e. The number of piperidine rings is 1. The van der Waals surface area contributed by atoms with E-state index < -0.39 is 0 Å². The lowest BCUT2D eigenvalue weighted by molar-refractivity contribution is 0.237. The van der Waals surface area contributed by atoms with E-state index in [0.717, 1.165) is 51.5 Å². The van der Waals surface area contributed by atoms with Gasteiger partial charge < -0.3 is 15.5 Å². The summed E-state index contributed by atoms with van der Waals surface area (Å²) in [5.74, 6) is 0.935. The quantitative estimate of drug-likeness (QED) is 0.585. The standard InChI is InChI=1S/C18H33N5S/c1-5-22(15(2)3)13-10-20-18(19-4)21-16-8-11-23(12-9-16)17-7-6-14-24-17/h6-7,14-16H,5,8-13H2,1-4H3,(H2,19,20,21). The van der Waals surface area contributed by atoms with Crippen molar-refractivity contribution >= 4 is 22.3 Å². The fourth-order valence-electron chi connectivity index (χ4n) is 3.18. The Balaban J connectivity index is 1.70. The molecule has 0 spiro atoms. The lowest BCUT2D eigenvalue weighted by Gasteiger charge is -2.33. The number of guanidine groups is 1. The molecular formula is C18H33N5S. The highest BCUT2D eigenvalue weighted by Crippen LogP contribution is 2.24. The normalized spacial score (nSPS) is 16.9. The lowest BCUT2D eigenvalue weighted by Crippen LogP contribution is -2.50. The van der Waals surface area contributed by atoms with E-state index in [9.17, 15) is 0 Å². The zero-order valence-corrected chi connectivity index (χ0v) is 16.4. The molecule has 1 aliphatic rings. The van der Waals surface area contributed by atoms with Gasteiger partial charge in [0.1, 0.15) is 0 Å². The molecule has 0 saturated carbocycles. The van der Waals surface area contributed by atoms with E-state index in [-0.39, 0.29) is 0 Å². The predicted octanol–water partition coefficient (Wildman–Crippen LogP) is 2.61. The smallest absolute Gasteiger partial charge is 0.191 e. The van der Waals surface area contributed by atoms with E-state index in [4.69, 9.17) is 0 Å². The minimum atomic E-state index is 0.514. The van der Waals surface area contributed by atoms with Crippen LogP contribution in [-0.4, -0.2) is 62.7 Å². The third kappa shape index (κ3) is 5.67. The SMILES string of the molecule is CCN(CCNC(=NC)NC1CCN(c2cccs2)CC1)C(C)C. The van der Waals surface area contributed by atoms with Crippen molar-refractivity contribution in [3.8, 4) is 0 Å². The molecule has 1 aromatic rings. The fourth-order valence-corrected chi connectivity index (χ4v) is 3.97. The van der Waals surface area contributed by atoms with Gasteiger partial charge in [-0.3, -0.25) is 9.89 Å². The highest BCUT2D eigenvalue weighted by atomic mass is 32.1. The molecule has 0 aromatic carbocycles. The maximum Gasteiger partial charge on any atom is 0.191 e. The van der Waals surface area contributed by atoms with E-state index in [1.54, 1.807) is 0 Å². The minimum Gasteiger partial charge on any atom is -0.363 e. The maximum atomic E-state index is 4.38. The Hall–Kier alpha value is -1.27. The van der Waals surface area contributed by atoms with Crippen molar-refractivity contribution in [1.82, 2.24) is 15.5 Å². The van der Waals surface area contributed by atoms with Gasteiger partial charge in [-0.2, -0.15) is 0 Å². The first-order chi connectivity index (χ1) is 11.6. The molecule has 0 aliphatic carbocycles. The summed E-state index contributed by atoms with van der Waals surface area (Å²) >= 11 is 1.83. The van der Waals surface area contributed by atoms with Crippen LogP contribution in [0.3, 0.4) is 0 Å². The second-order valence-electron chi connectivity index (χ2n) is 6.58. The highest BCUT2D eigenvalue weighted by molar-refractivity contribution is 7.14. The van der Waals surface area contributed by atoms with Gasteiger partial charge >= 0.3 is 0 Å². The molecule has 2 heterocycles. The fraction of sp³-hybridized carbons (Fsp3) is 0.722. The van der Waals surface area contributed by atoms with Gasteiger partial charge in [-0.15, -0.1) is 11.3 Å². The lowest BCUT2D eigenvalue weighted by atomic mass is 10.1. The number of hydrogen-bond donors (Lipinski definition) is 2. The van der Waals surface area contributed by atoms with Crippen molar-refractivity contribution in [2.45, 2.75) is 45.7 Å². The van der Waals surface area contributed by atoms with Gasteiger partial charge in [-0.05, 0) is 50.7 Å². The zero-order valence-electron chi connectivity index (χ0n) is 15.6. The Kier molecular flexibility index (Phi) is 7.85. The summed E-state index contributed by atoms with van der Waals surface area (Å²) < 4.78 is 0. The van der Waals surface area contributed by atoms with Gasteiger partial charge in [0.2, 0.25) is 0 Å². The molecule has 1 saturated heterocycles. The van der Waals surface area contributed by atoms with Gasteiger partial charge in [0.05, 0.1) is 5.00 Å². The Morgan fingerprint density at radius 3 is 2.71 bits per heavy atom. The highest BCUT2D eigenvalue weighted by Gasteiger charge is 2.20. The van der Waals surface area contributed by atoms with Crippen molar-refractivity contribution in [3.05, 3.63) is 17.5 Å². The van der Waals surface area contributed by atoms with Gasteiger partial charge in [-0.1, -0.05) is 6.92 Å². The molecule has 1 fully saturated rings. The number of anilines is 1. The molecule has 0 amide bonds. The van der Waals surface area contributed by atoms with Crippen LogP contribution in [0.2, 0.25) is 0 Å². The van der Waals surface area contributed by atoms with E-state index in [1.807, 2.05) is 18.4 Å². The van der Waals surface area contributed by atoms with Crippen molar-refractivity contribution < 1.29 is 0 Å². The van der Waals surface area contributed by atoms with Crippen LogP contribution in [0.15, 0.2) is 22.5 Å². The van der Waals surface area contributed by atoms with Crippen LogP contribution in [0.5, 0.6) is 0 Å². The molecule has 2 N–H and O–H groups in total. The van der Waals surface area contributed by atoms with Crippen molar-refractivity contribution in [3.63, 3.8) is 0 Å². The van der Waals surface area contributed by atoms with Crippen molar-refractivity contribution in [2.75, 3.05) is 44.7 Å². The summed E-state index contributed by atoms with van der Waals surface area (Å²) in [5, 5.41) is 10.6. The molecule has 0 atom stereocenters. The number of nitrogens with one attached hydrogen (secondary N) is 2. The number of aliphatic imine (C=N–C) groups is 1. The molecule has 0 bridgehead atoms. The van der Waals surface area contributed by atoms with Crippen molar-refractivity contribution in [1.29, 1.82) is 0 Å². The van der Waals surface area contributed by atoms with Gasteiger partial charge in [0.25, 0.3) is 0 Å². The predicted molar refractivity (Wildman–Crippen MR) is 106 cm³/mol. The third-order valence-corrected chi connectivity index (χ3v) is 5.63. The van der Waals surface area contributed by atoms with Crippen LogP contribution >= 0.6 is 11.3 Å². The summed E-state index contributed by atoms with van der Waals surface area (Å²) in [6.45, 7) is 12.0. The Labute approximate surface area is 151 Å². The summed E-state index contributed by atoms with van der Waals surface area (Å²) in [6.07, 6.45) is 2.32. The first-order valence-corrected chi connectivity index (χ1v) is 10.0. The number of rotatable bonds is 7. The minimum absolute atomic E-state index is 0.514. The van der Waals surface area contributed by atoms with Gasteiger partial charge in [0, 0.05) is 45.3 Å². The Morgan fingerprint density at radius 2 is 2.17 bits per heavy atom. The number of nitrogens with zero attached hydrogens (tertiary/aromatic N) is 3. The number of thiophene rings is 1. The molecule has 24 heavy (non-hydrogen) atoms. The van der Waals surface area contributed by atoms with Crippen LogP contribution < -0.4 is 15.5 Å². The number of likely N-dealkylation sites (N-methyl/N-ethyl adjacent to an activating group) is 1. The second-order valence-corrected chi connectivity index (χ2v) is 7.50. The molecule has 1 aliphatic heterocycles. The van der Waals surface area contributed by atoms with E-state index >= 15 is 0 Å². The van der Waals surface area contributed by atoms with E-state index in [2.05, 4.69) is 63.7 Å². The third-order valence-electron chi connectivity index (χ3n) is 4.71. The first kappa shape index (κ1) is 19.1. The number of hydrogen-bond acceptors (Lipinski definition) is 4. The Morgan fingerprint density at radius 1 is 1.42 bits per heavy atom. The van der Waals surface area contributed by atoms with E-state index in [1.165, 1.54) is 5.00 Å². The summed E-state index contributed by atoms with van der Waals surface area (Å²) in [6, 6.07) is 5.45. The summed E-state index contributed by atoms with van der Waals surface area (Å²) in [5.41, 5.74) is 0. The molecule has 1 aromatic heterocycles. The van der Waals surface area contributed by atoms with Crippen LogP contribution in [0, 0.1) is 0 Å². The summed E-state index contributed by atoms with van der Waals surface area (Å²) in [7, 11) is 1.86. The molecule has 2 rings (SSSR count). The van der Waals surface area contributed by atoms with Crippen molar-refractivity contribution in [2.24, 2.45) is 4.99 Å². The molecule has 136 valence electrons. The van der Waals surface area contributed by atoms with Crippen LogP contribution in [0.1, 0.15) is 33.6 Å². The molecular weight excluding hydrogens is 318 g/mol. The molecule has 6 heteroatoms. The van der Waals surface area contributed by atoms with Crippen LogP contribution in [0.25, 0.3) is 0 Å². The average Bonchev–Trinajstić information content (AvgIpc) is 3.12. The Bertz CT molecular complexity index is 478. The van der Waals surface area contributed by atoms with Gasteiger partial charge in [-0.25, -0.2) is 0 Å². The summed E-state index contributed by atoms with van der Waals surface area (Å²) in [4.78, 5) is 9.33. The molecule has 0 unspecified atom stereocenters. The van der Waals surface area contributed by atoms with Crippen LogP contribution in [-0.2, 0) is 0 Å². The zero-order chi connectivity index (χ0) is 17.4. The van der Waals surface area contributed by atoms with Crippen LogP contribution in [0.4, 0.5) is 5.00 Å². The second kappa shape index (κ2) is 9.89. The van der Waals surface area contributed by atoms with Gasteiger partial charge in [0.15, 0.2) is 5.96 Å². The first-order valence-electron chi connectivity index (χ1n) is 9.13. The molecule has 5 nitrogen and oxygen atoms in total.